The molecule has 1 fully saturated rings. The minimum atomic E-state index is 0.0772. The van der Waals surface area contributed by atoms with Crippen molar-refractivity contribution in [3.63, 3.8) is 0 Å². The van der Waals surface area contributed by atoms with Gasteiger partial charge in [-0.1, -0.05) is 0 Å². The SMILES string of the molecule is CC1(C)CC(Nc2nccc(-c3ccc(-c4ccc(CO)s4)s3)n2)CC(C)(C)N1. The van der Waals surface area contributed by atoms with Gasteiger partial charge in [-0.25, -0.2) is 9.97 Å². The Morgan fingerprint density at radius 1 is 1.00 bits per heavy atom. The molecule has 0 saturated carbocycles. The molecule has 0 aromatic carbocycles. The van der Waals surface area contributed by atoms with E-state index >= 15 is 0 Å². The summed E-state index contributed by atoms with van der Waals surface area (Å²) in [5.74, 6) is 0.689. The van der Waals surface area contributed by atoms with Gasteiger partial charge < -0.3 is 15.7 Å². The van der Waals surface area contributed by atoms with Gasteiger partial charge in [-0.05, 0) is 70.9 Å². The van der Waals surface area contributed by atoms with Crippen LogP contribution in [0.3, 0.4) is 0 Å². The van der Waals surface area contributed by atoms with Crippen LogP contribution in [0, 0.1) is 0 Å². The average molecular weight is 429 g/mol. The van der Waals surface area contributed by atoms with Crippen molar-refractivity contribution in [1.29, 1.82) is 0 Å². The number of aliphatic hydroxyl groups is 1. The first-order valence-electron chi connectivity index (χ1n) is 9.92. The van der Waals surface area contributed by atoms with Gasteiger partial charge in [0.15, 0.2) is 0 Å². The third-order valence-corrected chi connectivity index (χ3v) is 7.47. The summed E-state index contributed by atoms with van der Waals surface area (Å²) in [7, 11) is 0. The predicted molar refractivity (Wildman–Crippen MR) is 123 cm³/mol. The van der Waals surface area contributed by atoms with Crippen molar-refractivity contribution in [1.82, 2.24) is 15.3 Å². The first-order chi connectivity index (χ1) is 13.7. The van der Waals surface area contributed by atoms with Crippen LogP contribution in [0.2, 0.25) is 0 Å². The van der Waals surface area contributed by atoms with E-state index in [1.807, 2.05) is 18.3 Å². The number of piperidine rings is 1. The van der Waals surface area contributed by atoms with Gasteiger partial charge in [0.05, 0.1) is 17.2 Å². The number of aromatic nitrogens is 2. The molecule has 0 aliphatic carbocycles. The van der Waals surface area contributed by atoms with Gasteiger partial charge in [-0.3, -0.25) is 0 Å². The molecule has 154 valence electrons. The number of hydrogen-bond acceptors (Lipinski definition) is 7. The van der Waals surface area contributed by atoms with Crippen LogP contribution in [0.5, 0.6) is 0 Å². The molecule has 0 bridgehead atoms. The van der Waals surface area contributed by atoms with Gasteiger partial charge in [0.25, 0.3) is 0 Å². The van der Waals surface area contributed by atoms with E-state index in [-0.39, 0.29) is 17.7 Å². The van der Waals surface area contributed by atoms with E-state index in [2.05, 4.69) is 61.5 Å². The molecule has 1 aliphatic rings. The second-order valence-corrected chi connectivity index (χ2v) is 11.2. The zero-order valence-electron chi connectivity index (χ0n) is 17.3. The summed E-state index contributed by atoms with van der Waals surface area (Å²) in [6.07, 6.45) is 3.88. The number of thiophene rings is 2. The Kier molecular flexibility index (Phi) is 5.50. The molecular formula is C22H28N4OS2. The first kappa shape index (κ1) is 20.5. The Hall–Kier alpha value is -1.80. The van der Waals surface area contributed by atoms with Gasteiger partial charge in [0.2, 0.25) is 5.95 Å². The van der Waals surface area contributed by atoms with E-state index in [9.17, 15) is 5.11 Å². The van der Waals surface area contributed by atoms with Gasteiger partial charge in [-0.15, -0.1) is 22.7 Å². The van der Waals surface area contributed by atoms with E-state index in [1.165, 1.54) is 9.75 Å². The molecule has 29 heavy (non-hydrogen) atoms. The van der Waals surface area contributed by atoms with Gasteiger partial charge in [-0.2, -0.15) is 0 Å². The molecule has 3 aromatic rings. The number of nitrogens with zero attached hydrogens (tertiary/aromatic N) is 2. The van der Waals surface area contributed by atoms with E-state index in [1.54, 1.807) is 22.7 Å². The summed E-state index contributed by atoms with van der Waals surface area (Å²) in [5.41, 5.74) is 1.09. The van der Waals surface area contributed by atoms with Crippen LogP contribution in [0.25, 0.3) is 20.3 Å². The minimum Gasteiger partial charge on any atom is -0.391 e. The lowest BCUT2D eigenvalue weighted by molar-refractivity contribution is 0.170. The van der Waals surface area contributed by atoms with Crippen LogP contribution in [0.15, 0.2) is 36.5 Å². The zero-order valence-corrected chi connectivity index (χ0v) is 19.0. The number of hydrogen-bond donors (Lipinski definition) is 3. The quantitative estimate of drug-likeness (QED) is 0.524. The Labute approximate surface area is 180 Å². The smallest absolute Gasteiger partial charge is 0.223 e. The molecule has 1 saturated heterocycles. The first-order valence-corrected chi connectivity index (χ1v) is 11.6. The average Bonchev–Trinajstić information content (AvgIpc) is 3.28. The highest BCUT2D eigenvalue weighted by Gasteiger charge is 2.37. The van der Waals surface area contributed by atoms with Crippen molar-refractivity contribution in [3.05, 3.63) is 41.4 Å². The van der Waals surface area contributed by atoms with E-state index < -0.39 is 0 Å². The van der Waals surface area contributed by atoms with E-state index in [0.29, 0.717) is 12.0 Å². The summed E-state index contributed by atoms with van der Waals surface area (Å²) >= 11 is 3.35. The predicted octanol–water partition coefficient (Wildman–Crippen LogP) is 5.15. The molecule has 4 rings (SSSR count). The molecule has 0 atom stereocenters. The van der Waals surface area contributed by atoms with Gasteiger partial charge >= 0.3 is 0 Å². The lowest BCUT2D eigenvalue weighted by atomic mass is 9.80. The van der Waals surface area contributed by atoms with Crippen molar-refractivity contribution in [2.75, 3.05) is 5.32 Å². The molecule has 1 aliphatic heterocycles. The summed E-state index contributed by atoms with van der Waals surface area (Å²) in [4.78, 5) is 13.7. The second kappa shape index (κ2) is 7.80. The Morgan fingerprint density at radius 3 is 2.34 bits per heavy atom. The fourth-order valence-corrected chi connectivity index (χ4v) is 6.31. The maximum atomic E-state index is 9.30. The monoisotopic (exact) mass is 428 g/mol. The van der Waals surface area contributed by atoms with E-state index in [4.69, 9.17) is 4.98 Å². The minimum absolute atomic E-state index is 0.0772. The largest absolute Gasteiger partial charge is 0.391 e. The van der Waals surface area contributed by atoms with Crippen LogP contribution in [-0.2, 0) is 6.61 Å². The molecule has 5 nitrogen and oxygen atoms in total. The number of anilines is 1. The van der Waals surface area contributed by atoms with Crippen LogP contribution in [0.1, 0.15) is 45.4 Å². The van der Waals surface area contributed by atoms with Crippen LogP contribution in [0.4, 0.5) is 5.95 Å². The fraction of sp³-hybridized carbons (Fsp3) is 0.455. The maximum absolute atomic E-state index is 9.30. The lowest BCUT2D eigenvalue weighted by Crippen LogP contribution is -2.60. The maximum Gasteiger partial charge on any atom is 0.223 e. The molecule has 3 aromatic heterocycles. The van der Waals surface area contributed by atoms with Crippen LogP contribution >= 0.6 is 22.7 Å². The van der Waals surface area contributed by atoms with Crippen molar-refractivity contribution >= 4 is 28.6 Å². The van der Waals surface area contributed by atoms with E-state index in [0.717, 1.165) is 28.3 Å². The second-order valence-electron chi connectivity index (χ2n) is 9.00. The molecule has 7 heteroatoms. The lowest BCUT2D eigenvalue weighted by Gasteiger charge is -2.46. The standard InChI is InChI=1S/C22H28N4OS2/c1-21(2)11-14(12-22(3,4)26-21)24-20-23-10-9-16(25-20)17-7-8-19(29-17)18-6-5-15(13-27)28-18/h5-10,14,26-27H,11-13H2,1-4H3,(H,23,24,25). The summed E-state index contributed by atoms with van der Waals surface area (Å²) in [6.45, 7) is 9.09. The molecule has 3 N–H and O–H groups in total. The molecular weight excluding hydrogens is 400 g/mol. The zero-order chi connectivity index (χ0) is 20.6. The third kappa shape index (κ3) is 4.86. The molecule has 0 spiro atoms. The van der Waals surface area contributed by atoms with Crippen molar-refractivity contribution < 1.29 is 5.11 Å². The highest BCUT2D eigenvalue weighted by atomic mass is 32.1. The van der Waals surface area contributed by atoms with Crippen LogP contribution in [-0.4, -0.2) is 32.2 Å². The molecule has 0 unspecified atom stereocenters. The number of rotatable bonds is 5. The van der Waals surface area contributed by atoms with Crippen molar-refractivity contribution in [3.8, 4) is 20.3 Å². The molecule has 4 heterocycles. The Bertz CT molecular complexity index is 976. The number of aliphatic hydroxyl groups excluding tert-OH is 1. The highest BCUT2D eigenvalue weighted by Crippen LogP contribution is 2.37. The summed E-state index contributed by atoms with van der Waals surface area (Å²) in [5, 5.41) is 16.6. The van der Waals surface area contributed by atoms with Crippen LogP contribution < -0.4 is 10.6 Å². The van der Waals surface area contributed by atoms with Crippen molar-refractivity contribution in [2.45, 2.75) is 64.3 Å². The number of nitrogens with one attached hydrogen (secondary N) is 2. The summed E-state index contributed by atoms with van der Waals surface area (Å²) < 4.78 is 0. The molecule has 0 radical (unpaired) electrons. The topological polar surface area (TPSA) is 70.1 Å². The highest BCUT2D eigenvalue weighted by molar-refractivity contribution is 7.23. The molecule has 0 amide bonds. The van der Waals surface area contributed by atoms with Crippen molar-refractivity contribution in [2.24, 2.45) is 0 Å². The summed E-state index contributed by atoms with van der Waals surface area (Å²) in [6, 6.07) is 10.6. The third-order valence-electron chi connectivity index (χ3n) is 5.10. The van der Waals surface area contributed by atoms with Gasteiger partial charge in [0, 0.05) is 37.9 Å². The Balaban J connectivity index is 1.52. The fourth-order valence-electron chi connectivity index (χ4n) is 4.38. The Morgan fingerprint density at radius 2 is 1.66 bits per heavy atom. The normalized spacial score (nSPS) is 18.7. The van der Waals surface area contributed by atoms with Gasteiger partial charge in [0.1, 0.15) is 0 Å².